The minimum absolute atomic E-state index is 0.311. The molecule has 1 aliphatic heterocycles. The molecule has 3 heteroatoms. The van der Waals surface area contributed by atoms with E-state index in [9.17, 15) is 4.79 Å². The highest BCUT2D eigenvalue weighted by molar-refractivity contribution is 5.79. The lowest BCUT2D eigenvalue weighted by Crippen LogP contribution is -2.33. The molecule has 2 fully saturated rings. The van der Waals surface area contributed by atoms with Crippen molar-refractivity contribution in [1.82, 2.24) is 4.90 Å². The normalized spacial score (nSPS) is 25.6. The second-order valence-electron chi connectivity index (χ2n) is 5.27. The van der Waals surface area contributed by atoms with E-state index in [-0.39, 0.29) is 0 Å². The lowest BCUT2D eigenvalue weighted by Gasteiger charge is -2.20. The molecule has 2 aliphatic rings. The fraction of sp³-hybridized carbons (Fsp3) is 0.643. The molecule has 0 N–H and O–H groups in total. The molecule has 17 heavy (non-hydrogen) atoms. The zero-order valence-electron chi connectivity index (χ0n) is 10.1. The number of hydrogen-bond acceptors (Lipinski definition) is 2. The van der Waals surface area contributed by atoms with Gasteiger partial charge in [-0.15, -0.1) is 0 Å². The first-order valence-corrected chi connectivity index (χ1v) is 6.67. The van der Waals surface area contributed by atoms with Crippen LogP contribution in [0.5, 0.6) is 0 Å². The summed E-state index contributed by atoms with van der Waals surface area (Å²) >= 11 is 0. The van der Waals surface area contributed by atoms with E-state index in [1.165, 1.54) is 12.8 Å². The molecule has 1 aliphatic carbocycles. The Balaban J connectivity index is 1.62. The van der Waals surface area contributed by atoms with E-state index in [1.54, 1.807) is 6.26 Å². The van der Waals surface area contributed by atoms with Crippen LogP contribution in [0.3, 0.4) is 0 Å². The maximum atomic E-state index is 12.3. The minimum Gasteiger partial charge on any atom is -0.469 e. The summed E-state index contributed by atoms with van der Waals surface area (Å²) in [6.07, 6.45) is 7.42. The second-order valence-corrected chi connectivity index (χ2v) is 5.27. The van der Waals surface area contributed by atoms with Crippen LogP contribution in [0.2, 0.25) is 0 Å². The monoisotopic (exact) mass is 233 g/mol. The van der Waals surface area contributed by atoms with Crippen LogP contribution in [0.4, 0.5) is 0 Å². The molecule has 92 valence electrons. The fourth-order valence-corrected chi connectivity index (χ4v) is 3.15. The van der Waals surface area contributed by atoms with Gasteiger partial charge in [-0.3, -0.25) is 4.79 Å². The van der Waals surface area contributed by atoms with Crippen LogP contribution in [0, 0.1) is 5.92 Å². The first kappa shape index (κ1) is 10.9. The molecule has 1 aromatic heterocycles. The van der Waals surface area contributed by atoms with Crippen LogP contribution in [0.25, 0.3) is 0 Å². The van der Waals surface area contributed by atoms with Crippen molar-refractivity contribution in [3.8, 4) is 0 Å². The zero-order valence-corrected chi connectivity index (χ0v) is 10.1. The van der Waals surface area contributed by atoms with Crippen LogP contribution in [0.15, 0.2) is 22.8 Å². The second kappa shape index (κ2) is 4.55. The number of likely N-dealkylation sites (tertiary alicyclic amines) is 1. The highest BCUT2D eigenvalue weighted by Crippen LogP contribution is 2.32. The van der Waals surface area contributed by atoms with E-state index in [4.69, 9.17) is 4.42 Å². The topological polar surface area (TPSA) is 33.5 Å². The average molecular weight is 233 g/mol. The number of nitrogens with zero attached hydrogens (tertiary/aromatic N) is 1. The Bertz CT molecular complexity index is 379. The molecule has 1 aromatic rings. The highest BCUT2D eigenvalue weighted by Gasteiger charge is 2.33. The van der Waals surface area contributed by atoms with Gasteiger partial charge in [-0.2, -0.15) is 0 Å². The molecule has 1 saturated carbocycles. The summed E-state index contributed by atoms with van der Waals surface area (Å²) in [5.74, 6) is 2.14. The van der Waals surface area contributed by atoms with E-state index in [0.29, 0.717) is 17.7 Å². The predicted molar refractivity (Wildman–Crippen MR) is 64.6 cm³/mol. The fourth-order valence-electron chi connectivity index (χ4n) is 3.15. The van der Waals surface area contributed by atoms with Gasteiger partial charge in [0.05, 0.1) is 6.26 Å². The van der Waals surface area contributed by atoms with E-state index >= 15 is 0 Å². The summed E-state index contributed by atoms with van der Waals surface area (Å²) in [6, 6.07) is 3.95. The maximum Gasteiger partial charge on any atom is 0.225 e. The lowest BCUT2D eigenvalue weighted by molar-refractivity contribution is -0.134. The van der Waals surface area contributed by atoms with Gasteiger partial charge < -0.3 is 9.32 Å². The van der Waals surface area contributed by atoms with Crippen molar-refractivity contribution in [3.05, 3.63) is 24.2 Å². The predicted octanol–water partition coefficient (Wildman–Crippen LogP) is 2.79. The maximum absolute atomic E-state index is 12.3. The zero-order chi connectivity index (χ0) is 11.7. The Morgan fingerprint density at radius 1 is 1.29 bits per heavy atom. The Labute approximate surface area is 102 Å². The van der Waals surface area contributed by atoms with Gasteiger partial charge in [0.15, 0.2) is 0 Å². The van der Waals surface area contributed by atoms with Crippen LogP contribution < -0.4 is 0 Å². The van der Waals surface area contributed by atoms with Gasteiger partial charge in [-0.05, 0) is 31.4 Å². The molecular weight excluding hydrogens is 214 g/mol. The van der Waals surface area contributed by atoms with Gasteiger partial charge in [0.2, 0.25) is 5.91 Å². The molecule has 0 aromatic carbocycles. The third-order valence-corrected chi connectivity index (χ3v) is 4.15. The molecule has 0 radical (unpaired) electrons. The van der Waals surface area contributed by atoms with Gasteiger partial charge >= 0.3 is 0 Å². The van der Waals surface area contributed by atoms with Gasteiger partial charge in [0.25, 0.3) is 0 Å². The lowest BCUT2D eigenvalue weighted by atomic mass is 10.1. The molecule has 3 rings (SSSR count). The van der Waals surface area contributed by atoms with Crippen molar-refractivity contribution in [1.29, 1.82) is 0 Å². The summed E-state index contributed by atoms with van der Waals surface area (Å²) in [5, 5.41) is 0. The molecule has 3 nitrogen and oxygen atoms in total. The number of furan rings is 1. The van der Waals surface area contributed by atoms with E-state index in [1.807, 2.05) is 17.0 Å². The average Bonchev–Trinajstić information content (AvgIpc) is 3.09. The molecule has 1 atom stereocenters. The van der Waals surface area contributed by atoms with Gasteiger partial charge in [-0.1, -0.05) is 12.8 Å². The van der Waals surface area contributed by atoms with Crippen molar-refractivity contribution >= 4 is 5.91 Å². The van der Waals surface area contributed by atoms with Crippen molar-refractivity contribution in [2.75, 3.05) is 13.1 Å². The smallest absolute Gasteiger partial charge is 0.225 e. The van der Waals surface area contributed by atoms with Crippen molar-refractivity contribution < 1.29 is 9.21 Å². The standard InChI is InChI=1S/C14H19NO2/c16-14(11-4-1-2-5-11)15-8-7-12(10-15)13-6-3-9-17-13/h3,6,9,11-12H,1-2,4-5,7-8,10H2. The van der Waals surface area contributed by atoms with Crippen LogP contribution in [-0.2, 0) is 4.79 Å². The largest absolute Gasteiger partial charge is 0.469 e. The molecule has 1 unspecified atom stereocenters. The van der Waals surface area contributed by atoms with Crippen LogP contribution in [0.1, 0.15) is 43.8 Å². The van der Waals surface area contributed by atoms with Crippen molar-refractivity contribution in [2.24, 2.45) is 5.92 Å². The van der Waals surface area contributed by atoms with Gasteiger partial charge in [0.1, 0.15) is 5.76 Å². The van der Waals surface area contributed by atoms with Crippen LogP contribution in [-0.4, -0.2) is 23.9 Å². The third kappa shape index (κ3) is 2.11. The summed E-state index contributed by atoms with van der Waals surface area (Å²) in [5.41, 5.74) is 0. The highest BCUT2D eigenvalue weighted by atomic mass is 16.3. The van der Waals surface area contributed by atoms with E-state index < -0.39 is 0 Å². The number of hydrogen-bond donors (Lipinski definition) is 0. The Kier molecular flexibility index (Phi) is 2.91. The molecule has 0 bridgehead atoms. The van der Waals surface area contributed by atoms with Gasteiger partial charge in [0, 0.05) is 24.9 Å². The van der Waals surface area contributed by atoms with Crippen molar-refractivity contribution in [3.63, 3.8) is 0 Å². The number of rotatable bonds is 2. The first-order chi connectivity index (χ1) is 8.34. The minimum atomic E-state index is 0.311. The molecule has 1 amide bonds. The summed E-state index contributed by atoms with van der Waals surface area (Å²) < 4.78 is 5.43. The molecular formula is C14H19NO2. The summed E-state index contributed by atoms with van der Waals surface area (Å²) in [7, 11) is 0. The molecule has 1 saturated heterocycles. The quantitative estimate of drug-likeness (QED) is 0.787. The SMILES string of the molecule is O=C(C1CCCC1)N1CCC(c2ccco2)C1. The Morgan fingerprint density at radius 2 is 2.12 bits per heavy atom. The Hall–Kier alpha value is -1.25. The number of carbonyl (C=O) groups is 1. The van der Waals surface area contributed by atoms with E-state index in [0.717, 1.165) is 38.1 Å². The number of carbonyl (C=O) groups excluding carboxylic acids is 1. The first-order valence-electron chi connectivity index (χ1n) is 6.67. The summed E-state index contributed by atoms with van der Waals surface area (Å²) in [4.78, 5) is 14.3. The molecule has 0 spiro atoms. The number of amides is 1. The van der Waals surface area contributed by atoms with Crippen molar-refractivity contribution in [2.45, 2.75) is 38.0 Å². The van der Waals surface area contributed by atoms with Crippen LogP contribution >= 0.6 is 0 Å². The molecule has 2 heterocycles. The Morgan fingerprint density at radius 3 is 2.82 bits per heavy atom. The third-order valence-electron chi connectivity index (χ3n) is 4.15. The van der Waals surface area contributed by atoms with Gasteiger partial charge in [-0.25, -0.2) is 0 Å². The summed E-state index contributed by atoms with van der Waals surface area (Å²) in [6.45, 7) is 1.75. The van der Waals surface area contributed by atoms with E-state index in [2.05, 4.69) is 0 Å².